The van der Waals surface area contributed by atoms with Crippen molar-refractivity contribution in [2.75, 3.05) is 23.3 Å². The Bertz CT molecular complexity index is 1290. The molecule has 2 aromatic carbocycles. The van der Waals surface area contributed by atoms with Crippen molar-refractivity contribution in [1.82, 2.24) is 14.6 Å². The van der Waals surface area contributed by atoms with Crippen LogP contribution in [0.3, 0.4) is 0 Å². The summed E-state index contributed by atoms with van der Waals surface area (Å²) in [6.07, 6.45) is 1.85. The second-order valence-electron chi connectivity index (χ2n) is 7.79. The van der Waals surface area contributed by atoms with Crippen LogP contribution in [0.1, 0.15) is 5.56 Å². The molecule has 0 atom stereocenters. The summed E-state index contributed by atoms with van der Waals surface area (Å²) >= 11 is 0. The number of benzene rings is 2. The van der Waals surface area contributed by atoms with Crippen LogP contribution in [0.4, 0.5) is 11.6 Å². The van der Waals surface area contributed by atoms with Crippen molar-refractivity contribution in [1.29, 1.82) is 0 Å². The van der Waals surface area contributed by atoms with Gasteiger partial charge in [-0.25, -0.2) is 4.98 Å². The predicted octanol–water partition coefficient (Wildman–Crippen LogP) is 2.74. The minimum Gasteiger partial charge on any atom is -0.389 e. The number of nitrogens with one attached hydrogen (secondary N) is 1. The highest BCUT2D eigenvalue weighted by atomic mass is 16.3. The zero-order valence-corrected chi connectivity index (χ0v) is 16.1. The van der Waals surface area contributed by atoms with Gasteiger partial charge in [-0.1, -0.05) is 36.4 Å². The van der Waals surface area contributed by atoms with Crippen molar-refractivity contribution in [2.45, 2.75) is 12.5 Å². The van der Waals surface area contributed by atoms with E-state index in [2.05, 4.69) is 16.4 Å². The minimum atomic E-state index is -0.326. The fourth-order valence-corrected chi connectivity index (χ4v) is 4.27. The molecule has 6 rings (SSSR count). The van der Waals surface area contributed by atoms with Crippen molar-refractivity contribution in [2.24, 2.45) is 0 Å². The van der Waals surface area contributed by atoms with E-state index < -0.39 is 0 Å². The summed E-state index contributed by atoms with van der Waals surface area (Å²) in [4.78, 5) is 18.4. The Morgan fingerprint density at radius 2 is 1.87 bits per heavy atom. The number of nitrogens with zero attached hydrogens (tertiary/aromatic N) is 4. The zero-order valence-electron chi connectivity index (χ0n) is 16.1. The first-order valence-electron chi connectivity index (χ1n) is 9.97. The number of aliphatic hydroxyl groups is 1. The molecule has 30 heavy (non-hydrogen) atoms. The van der Waals surface area contributed by atoms with Gasteiger partial charge in [0.05, 0.1) is 18.0 Å². The van der Waals surface area contributed by atoms with Crippen LogP contribution >= 0.6 is 0 Å². The topological polar surface area (TPSA) is 82.8 Å². The van der Waals surface area contributed by atoms with Crippen molar-refractivity contribution in [3.05, 3.63) is 66.4 Å². The SMILES string of the molecule is O=C1Cc2cc(-c3c(-c4ccccc4)nn4c(N5CC(O)C5)nccc34)ccc2N1. The van der Waals surface area contributed by atoms with E-state index >= 15 is 0 Å². The van der Waals surface area contributed by atoms with Crippen molar-refractivity contribution in [3.8, 4) is 22.4 Å². The molecule has 4 heterocycles. The molecule has 7 nitrogen and oxygen atoms in total. The highest BCUT2D eigenvalue weighted by molar-refractivity contribution is 6.01. The third kappa shape index (κ3) is 2.59. The van der Waals surface area contributed by atoms with Crippen molar-refractivity contribution >= 4 is 23.1 Å². The minimum absolute atomic E-state index is 0.0214. The number of hydrogen-bond donors (Lipinski definition) is 2. The normalized spacial score (nSPS) is 15.9. The van der Waals surface area contributed by atoms with E-state index in [-0.39, 0.29) is 12.0 Å². The Morgan fingerprint density at radius 1 is 1.03 bits per heavy atom. The molecule has 0 radical (unpaired) electrons. The largest absolute Gasteiger partial charge is 0.389 e. The Labute approximate surface area is 172 Å². The average Bonchev–Trinajstić information content (AvgIpc) is 3.31. The maximum atomic E-state index is 11.8. The van der Waals surface area contributed by atoms with Gasteiger partial charge in [0, 0.05) is 36.1 Å². The zero-order chi connectivity index (χ0) is 20.2. The van der Waals surface area contributed by atoms with Crippen molar-refractivity contribution < 1.29 is 9.90 Å². The summed E-state index contributed by atoms with van der Waals surface area (Å²) in [5.74, 6) is 0.743. The van der Waals surface area contributed by atoms with Gasteiger partial charge in [-0.2, -0.15) is 9.61 Å². The quantitative estimate of drug-likeness (QED) is 0.556. The monoisotopic (exact) mass is 397 g/mol. The van der Waals surface area contributed by atoms with E-state index in [0.717, 1.165) is 45.1 Å². The van der Waals surface area contributed by atoms with E-state index in [9.17, 15) is 9.90 Å². The molecule has 0 bridgehead atoms. The van der Waals surface area contributed by atoms with Gasteiger partial charge in [0.1, 0.15) is 5.69 Å². The third-order valence-corrected chi connectivity index (χ3v) is 5.74. The highest BCUT2D eigenvalue weighted by Crippen LogP contribution is 2.38. The number of aromatic nitrogens is 3. The Balaban J connectivity index is 1.59. The highest BCUT2D eigenvalue weighted by Gasteiger charge is 2.29. The number of amides is 1. The smallest absolute Gasteiger partial charge is 0.228 e. The molecular weight excluding hydrogens is 378 g/mol. The second kappa shape index (κ2) is 6.40. The number of hydrogen-bond acceptors (Lipinski definition) is 5. The summed E-state index contributed by atoms with van der Waals surface area (Å²) < 4.78 is 1.86. The molecule has 1 saturated heterocycles. The van der Waals surface area contributed by atoms with Crippen LogP contribution in [-0.4, -0.2) is 44.8 Å². The second-order valence-corrected chi connectivity index (χ2v) is 7.79. The van der Waals surface area contributed by atoms with E-state index in [1.54, 1.807) is 6.20 Å². The van der Waals surface area contributed by atoms with Crippen LogP contribution in [0.5, 0.6) is 0 Å². The van der Waals surface area contributed by atoms with Crippen LogP contribution in [-0.2, 0) is 11.2 Å². The Morgan fingerprint density at radius 3 is 2.67 bits per heavy atom. The van der Waals surface area contributed by atoms with Crippen LogP contribution < -0.4 is 10.2 Å². The van der Waals surface area contributed by atoms with Gasteiger partial charge in [0.15, 0.2) is 0 Å². The molecule has 1 fully saturated rings. The third-order valence-electron chi connectivity index (χ3n) is 5.74. The van der Waals surface area contributed by atoms with Crippen LogP contribution in [0.15, 0.2) is 60.8 Å². The standard InChI is InChI=1S/C23H19N5O2/c29-17-12-27(13-17)23-24-9-8-19-21(15-6-7-18-16(10-15)11-20(30)25-18)22(26-28(19)23)14-4-2-1-3-5-14/h1-10,17,29H,11-13H2,(H,25,30). The Kier molecular flexibility index (Phi) is 3.66. The Hall–Kier alpha value is -3.71. The predicted molar refractivity (Wildman–Crippen MR) is 114 cm³/mol. The molecule has 0 spiro atoms. The van der Waals surface area contributed by atoms with Gasteiger partial charge in [-0.3, -0.25) is 4.79 Å². The maximum Gasteiger partial charge on any atom is 0.228 e. The average molecular weight is 397 g/mol. The van der Waals surface area contributed by atoms with Crippen LogP contribution in [0.25, 0.3) is 27.9 Å². The van der Waals surface area contributed by atoms with Crippen LogP contribution in [0, 0.1) is 0 Å². The first-order chi connectivity index (χ1) is 14.7. The molecule has 0 saturated carbocycles. The molecular formula is C23H19N5O2. The molecule has 2 aliphatic heterocycles. The van der Waals surface area contributed by atoms with E-state index in [0.29, 0.717) is 19.5 Å². The lowest BCUT2D eigenvalue weighted by atomic mass is 9.97. The van der Waals surface area contributed by atoms with Gasteiger partial charge in [-0.05, 0) is 29.3 Å². The van der Waals surface area contributed by atoms with E-state index in [1.165, 1.54) is 0 Å². The molecule has 4 aromatic rings. The molecule has 7 heteroatoms. The molecule has 0 aliphatic carbocycles. The number of rotatable bonds is 3. The molecule has 2 aliphatic rings. The number of aliphatic hydroxyl groups excluding tert-OH is 1. The lowest BCUT2D eigenvalue weighted by molar-refractivity contribution is -0.115. The number of β-amino-alcohol motifs (C(OH)–C–C–N with tert-alkyl or cyclic N) is 1. The van der Waals surface area contributed by atoms with Crippen molar-refractivity contribution in [3.63, 3.8) is 0 Å². The van der Waals surface area contributed by atoms with Gasteiger partial charge < -0.3 is 15.3 Å². The first kappa shape index (κ1) is 17.2. The molecule has 0 unspecified atom stereocenters. The molecule has 1 amide bonds. The van der Waals surface area contributed by atoms with Gasteiger partial charge >= 0.3 is 0 Å². The summed E-state index contributed by atoms with van der Waals surface area (Å²) in [6, 6.07) is 18.1. The fourth-order valence-electron chi connectivity index (χ4n) is 4.27. The number of anilines is 2. The lowest BCUT2D eigenvalue weighted by Crippen LogP contribution is -2.52. The maximum absolute atomic E-state index is 11.8. The molecule has 148 valence electrons. The molecule has 2 N–H and O–H groups in total. The lowest BCUT2D eigenvalue weighted by Gasteiger charge is -2.36. The van der Waals surface area contributed by atoms with Gasteiger partial charge in [0.2, 0.25) is 11.9 Å². The van der Waals surface area contributed by atoms with Gasteiger partial charge in [-0.15, -0.1) is 0 Å². The number of carbonyl (C=O) groups is 1. The fraction of sp³-hybridized carbons (Fsp3) is 0.174. The number of carbonyl (C=O) groups excluding carboxylic acids is 1. The van der Waals surface area contributed by atoms with E-state index in [1.807, 2.05) is 57.9 Å². The summed E-state index contributed by atoms with van der Waals surface area (Å²) in [5.41, 5.74) is 6.71. The molecule has 2 aromatic heterocycles. The van der Waals surface area contributed by atoms with E-state index in [4.69, 9.17) is 5.10 Å². The summed E-state index contributed by atoms with van der Waals surface area (Å²) in [5, 5.41) is 17.6. The number of fused-ring (bicyclic) bond motifs is 2. The van der Waals surface area contributed by atoms with Crippen LogP contribution in [0.2, 0.25) is 0 Å². The summed E-state index contributed by atoms with van der Waals surface area (Å²) in [6.45, 7) is 1.10. The van der Waals surface area contributed by atoms with Gasteiger partial charge in [0.25, 0.3) is 0 Å². The summed E-state index contributed by atoms with van der Waals surface area (Å²) in [7, 11) is 0. The first-order valence-corrected chi connectivity index (χ1v) is 9.97.